The van der Waals surface area contributed by atoms with Gasteiger partial charge in [-0.3, -0.25) is 20.4 Å². The smallest absolute Gasteiger partial charge is 0.280 e. The van der Waals surface area contributed by atoms with E-state index in [1.54, 1.807) is 13.0 Å². The van der Waals surface area contributed by atoms with E-state index in [2.05, 4.69) is 10.9 Å². The van der Waals surface area contributed by atoms with Crippen LogP contribution in [0.25, 0.3) is 11.1 Å². The minimum absolute atomic E-state index is 0.353. The molecule has 2 aromatic heterocycles. The largest absolute Gasteiger partial charge is 0.469 e. The van der Waals surface area contributed by atoms with Gasteiger partial charge in [0.1, 0.15) is 10.6 Å². The molecule has 116 valence electrons. The molecule has 3 rings (SSSR count). The molecule has 5 nitrogen and oxygen atoms in total. The number of benzene rings is 1. The van der Waals surface area contributed by atoms with Crippen molar-refractivity contribution >= 4 is 23.2 Å². The summed E-state index contributed by atoms with van der Waals surface area (Å²) < 4.78 is 5.07. The van der Waals surface area contributed by atoms with E-state index in [0.717, 1.165) is 11.1 Å². The van der Waals surface area contributed by atoms with Gasteiger partial charge in [-0.2, -0.15) is 0 Å². The van der Waals surface area contributed by atoms with Crippen LogP contribution >= 0.6 is 11.3 Å². The fraction of sp³-hybridized carbons (Fsp3) is 0.0588. The minimum Gasteiger partial charge on any atom is -0.469 e. The molecule has 0 spiro atoms. The van der Waals surface area contributed by atoms with Crippen LogP contribution in [-0.4, -0.2) is 11.8 Å². The fourth-order valence-electron chi connectivity index (χ4n) is 2.19. The Balaban J connectivity index is 1.72. The van der Waals surface area contributed by atoms with E-state index < -0.39 is 5.91 Å². The highest BCUT2D eigenvalue weighted by Crippen LogP contribution is 2.27. The summed E-state index contributed by atoms with van der Waals surface area (Å²) in [6.45, 7) is 1.68. The lowest BCUT2D eigenvalue weighted by molar-refractivity contribution is 0.0848. The van der Waals surface area contributed by atoms with Crippen LogP contribution in [0.1, 0.15) is 25.8 Å². The summed E-state index contributed by atoms with van der Waals surface area (Å²) >= 11 is 1.32. The van der Waals surface area contributed by atoms with Gasteiger partial charge in [-0.1, -0.05) is 30.3 Å². The predicted molar refractivity (Wildman–Crippen MR) is 88.1 cm³/mol. The first-order valence-corrected chi connectivity index (χ1v) is 7.82. The average Bonchev–Trinajstić information content (AvgIpc) is 3.22. The standard InChI is InChI=1S/C17H14N2O3S/c1-11-13(7-9-22-11)16(20)18-19-17(21)15-14(8-10-23-15)12-5-3-2-4-6-12/h2-10H,1H3,(H,18,20)(H,19,21). The van der Waals surface area contributed by atoms with Gasteiger partial charge in [-0.05, 0) is 30.0 Å². The highest BCUT2D eigenvalue weighted by atomic mass is 32.1. The molecule has 0 saturated carbocycles. The number of amides is 2. The SMILES string of the molecule is Cc1occc1C(=O)NNC(=O)c1sccc1-c1ccccc1. The number of aryl methyl sites for hydroxylation is 1. The Bertz CT molecular complexity index is 836. The molecule has 6 heteroatoms. The van der Waals surface area contributed by atoms with Gasteiger partial charge in [0.15, 0.2) is 0 Å². The Labute approximate surface area is 136 Å². The molecule has 0 aliphatic rings. The number of thiophene rings is 1. The van der Waals surface area contributed by atoms with Crippen molar-refractivity contribution in [3.05, 3.63) is 70.3 Å². The summed E-state index contributed by atoms with van der Waals surface area (Å²) in [5.41, 5.74) is 7.02. The Kier molecular flexibility index (Phi) is 4.25. The first-order valence-electron chi connectivity index (χ1n) is 6.94. The second-order valence-corrected chi connectivity index (χ2v) is 5.74. The van der Waals surface area contributed by atoms with E-state index >= 15 is 0 Å². The molecule has 0 aliphatic carbocycles. The third-order valence-electron chi connectivity index (χ3n) is 3.35. The molecule has 0 aliphatic heterocycles. The van der Waals surface area contributed by atoms with Crippen LogP contribution in [0.3, 0.4) is 0 Å². The Morgan fingerprint density at radius 3 is 2.43 bits per heavy atom. The number of carbonyl (C=O) groups is 2. The topological polar surface area (TPSA) is 71.3 Å². The summed E-state index contributed by atoms with van der Waals surface area (Å²) in [5, 5.41) is 1.85. The van der Waals surface area contributed by atoms with Gasteiger partial charge in [0, 0.05) is 5.56 Å². The van der Waals surface area contributed by atoms with Crippen LogP contribution in [0.4, 0.5) is 0 Å². The lowest BCUT2D eigenvalue weighted by Crippen LogP contribution is -2.41. The van der Waals surface area contributed by atoms with Crippen LogP contribution in [-0.2, 0) is 0 Å². The normalized spacial score (nSPS) is 10.3. The van der Waals surface area contributed by atoms with Crippen molar-refractivity contribution in [3.63, 3.8) is 0 Å². The van der Waals surface area contributed by atoms with E-state index in [-0.39, 0.29) is 5.91 Å². The maximum Gasteiger partial charge on any atom is 0.280 e. The molecule has 2 heterocycles. The number of hydrazine groups is 1. The van der Waals surface area contributed by atoms with Gasteiger partial charge >= 0.3 is 0 Å². The van der Waals surface area contributed by atoms with Crippen LogP contribution in [0.15, 0.2) is 58.5 Å². The van der Waals surface area contributed by atoms with Crippen molar-refractivity contribution in [3.8, 4) is 11.1 Å². The second-order valence-electron chi connectivity index (χ2n) is 4.83. The zero-order valence-electron chi connectivity index (χ0n) is 12.3. The maximum absolute atomic E-state index is 12.3. The summed E-state index contributed by atoms with van der Waals surface area (Å²) in [4.78, 5) is 24.8. The van der Waals surface area contributed by atoms with E-state index in [9.17, 15) is 9.59 Å². The van der Waals surface area contributed by atoms with Crippen molar-refractivity contribution in [1.29, 1.82) is 0 Å². The molecule has 23 heavy (non-hydrogen) atoms. The Morgan fingerprint density at radius 1 is 1.00 bits per heavy atom. The van der Waals surface area contributed by atoms with E-state index in [4.69, 9.17) is 4.42 Å². The van der Waals surface area contributed by atoms with Crippen LogP contribution in [0.2, 0.25) is 0 Å². The van der Waals surface area contributed by atoms with Crippen LogP contribution in [0, 0.1) is 6.92 Å². The van der Waals surface area contributed by atoms with E-state index in [1.165, 1.54) is 17.6 Å². The van der Waals surface area contributed by atoms with Crippen molar-refractivity contribution < 1.29 is 14.0 Å². The zero-order valence-corrected chi connectivity index (χ0v) is 13.1. The summed E-state index contributed by atoms with van der Waals surface area (Å²) in [6, 6.07) is 13.1. The van der Waals surface area contributed by atoms with E-state index in [1.807, 2.05) is 41.8 Å². The Morgan fingerprint density at radius 2 is 1.74 bits per heavy atom. The quantitative estimate of drug-likeness (QED) is 0.725. The predicted octanol–water partition coefficient (Wildman–Crippen LogP) is 3.39. The van der Waals surface area contributed by atoms with Gasteiger partial charge in [0.2, 0.25) is 0 Å². The average molecular weight is 326 g/mol. The Hall–Kier alpha value is -2.86. The van der Waals surface area contributed by atoms with Crippen molar-refractivity contribution in [2.45, 2.75) is 6.92 Å². The molecule has 0 bridgehead atoms. The monoisotopic (exact) mass is 326 g/mol. The maximum atomic E-state index is 12.3. The third kappa shape index (κ3) is 3.17. The zero-order chi connectivity index (χ0) is 16.2. The molecule has 0 fully saturated rings. The lowest BCUT2D eigenvalue weighted by atomic mass is 10.1. The molecule has 2 amide bonds. The van der Waals surface area contributed by atoms with Gasteiger partial charge in [0.25, 0.3) is 11.8 Å². The third-order valence-corrected chi connectivity index (χ3v) is 4.26. The molecular formula is C17H14N2O3S. The van der Waals surface area contributed by atoms with Crippen molar-refractivity contribution in [2.24, 2.45) is 0 Å². The van der Waals surface area contributed by atoms with Crippen molar-refractivity contribution in [1.82, 2.24) is 10.9 Å². The summed E-state index contributed by atoms with van der Waals surface area (Å²) in [6.07, 6.45) is 1.43. The number of rotatable bonds is 3. The van der Waals surface area contributed by atoms with Crippen LogP contribution in [0.5, 0.6) is 0 Å². The molecule has 0 unspecified atom stereocenters. The summed E-state index contributed by atoms with van der Waals surface area (Å²) in [7, 11) is 0. The highest BCUT2D eigenvalue weighted by Gasteiger charge is 2.16. The number of carbonyl (C=O) groups excluding carboxylic acids is 2. The lowest BCUT2D eigenvalue weighted by Gasteiger charge is -2.07. The molecule has 0 atom stereocenters. The van der Waals surface area contributed by atoms with Gasteiger partial charge in [-0.15, -0.1) is 11.3 Å². The molecule has 2 N–H and O–H groups in total. The van der Waals surface area contributed by atoms with Gasteiger partial charge in [0.05, 0.1) is 11.8 Å². The van der Waals surface area contributed by atoms with Gasteiger partial charge < -0.3 is 4.42 Å². The number of hydrogen-bond donors (Lipinski definition) is 2. The highest BCUT2D eigenvalue weighted by molar-refractivity contribution is 7.12. The van der Waals surface area contributed by atoms with Crippen molar-refractivity contribution in [2.75, 3.05) is 0 Å². The molecule has 3 aromatic rings. The second kappa shape index (κ2) is 6.50. The first-order chi connectivity index (χ1) is 11.2. The fourth-order valence-corrected chi connectivity index (χ4v) is 3.00. The first kappa shape index (κ1) is 15.1. The number of hydrogen-bond acceptors (Lipinski definition) is 4. The van der Waals surface area contributed by atoms with E-state index in [0.29, 0.717) is 16.2 Å². The molecule has 1 aromatic carbocycles. The van der Waals surface area contributed by atoms with Crippen LogP contribution < -0.4 is 10.9 Å². The number of furan rings is 1. The summed E-state index contributed by atoms with van der Waals surface area (Å²) in [5.74, 6) is -0.270. The van der Waals surface area contributed by atoms with Gasteiger partial charge in [-0.25, -0.2) is 0 Å². The minimum atomic E-state index is -0.414. The molecule has 0 saturated heterocycles. The molecular weight excluding hydrogens is 312 g/mol. The number of nitrogens with one attached hydrogen (secondary N) is 2. The molecule has 0 radical (unpaired) electrons.